The zero-order valence-corrected chi connectivity index (χ0v) is 9.84. The maximum Gasteiger partial charge on any atom is 0.253 e. The molecule has 1 aromatic carbocycles. The van der Waals surface area contributed by atoms with Gasteiger partial charge in [-0.1, -0.05) is 18.2 Å². The summed E-state index contributed by atoms with van der Waals surface area (Å²) in [6, 6.07) is 9.39. The van der Waals surface area contributed by atoms with Crippen molar-refractivity contribution in [2.24, 2.45) is 11.8 Å². The monoisotopic (exact) mass is 234 g/mol. The Bertz CT molecular complexity index is 365. The van der Waals surface area contributed by atoms with Gasteiger partial charge in [-0.05, 0) is 25.0 Å². The maximum atomic E-state index is 12.2. The Labute approximate surface area is 101 Å². The highest BCUT2D eigenvalue weighted by Crippen LogP contribution is 2.18. The molecule has 1 aliphatic heterocycles. The van der Waals surface area contributed by atoms with Gasteiger partial charge in [-0.15, -0.1) is 0 Å². The third-order valence-corrected chi connectivity index (χ3v) is 3.16. The van der Waals surface area contributed by atoms with Crippen molar-refractivity contribution >= 4 is 5.91 Å². The topological polar surface area (TPSA) is 55.6 Å². The van der Waals surface area contributed by atoms with Crippen LogP contribution in [0.3, 0.4) is 0 Å². The fourth-order valence-electron chi connectivity index (χ4n) is 2.28. The molecule has 1 amide bonds. The average Bonchev–Trinajstić information content (AvgIpc) is 2.40. The van der Waals surface area contributed by atoms with E-state index in [1.54, 1.807) is 0 Å². The van der Waals surface area contributed by atoms with Crippen molar-refractivity contribution in [1.82, 2.24) is 4.90 Å². The number of nitrogens with zero attached hydrogens (tertiary/aromatic N) is 1. The van der Waals surface area contributed by atoms with Crippen LogP contribution in [-0.2, 0) is 4.84 Å². The van der Waals surface area contributed by atoms with Crippen LogP contribution in [0.25, 0.3) is 0 Å². The minimum atomic E-state index is 0.104. The zero-order chi connectivity index (χ0) is 12.1. The van der Waals surface area contributed by atoms with Gasteiger partial charge in [0.05, 0.1) is 6.61 Å². The molecule has 4 nitrogen and oxygen atoms in total. The number of benzene rings is 1. The first-order valence-electron chi connectivity index (χ1n) is 5.97. The quantitative estimate of drug-likeness (QED) is 0.805. The van der Waals surface area contributed by atoms with Crippen LogP contribution in [0.5, 0.6) is 0 Å². The van der Waals surface area contributed by atoms with E-state index in [-0.39, 0.29) is 5.91 Å². The molecule has 17 heavy (non-hydrogen) atoms. The van der Waals surface area contributed by atoms with Gasteiger partial charge in [0.15, 0.2) is 0 Å². The lowest BCUT2D eigenvalue weighted by molar-refractivity contribution is 0.0472. The summed E-state index contributed by atoms with van der Waals surface area (Å²) in [6.45, 7) is 2.10. The van der Waals surface area contributed by atoms with E-state index in [1.807, 2.05) is 35.2 Å². The van der Waals surface area contributed by atoms with E-state index in [2.05, 4.69) is 4.84 Å². The number of hydrogen-bond donors (Lipinski definition) is 1. The highest BCUT2D eigenvalue weighted by molar-refractivity contribution is 5.94. The van der Waals surface area contributed by atoms with Crippen molar-refractivity contribution in [2.45, 2.75) is 12.8 Å². The van der Waals surface area contributed by atoms with Crippen LogP contribution in [-0.4, -0.2) is 30.5 Å². The number of carbonyl (C=O) groups excluding carboxylic acids is 1. The van der Waals surface area contributed by atoms with Gasteiger partial charge in [-0.2, -0.15) is 0 Å². The van der Waals surface area contributed by atoms with Gasteiger partial charge in [0.1, 0.15) is 0 Å². The Morgan fingerprint density at radius 1 is 1.41 bits per heavy atom. The molecular weight excluding hydrogens is 216 g/mol. The average molecular weight is 234 g/mol. The van der Waals surface area contributed by atoms with Gasteiger partial charge in [0.2, 0.25) is 0 Å². The number of nitrogens with two attached hydrogens (primary N) is 1. The summed E-state index contributed by atoms with van der Waals surface area (Å²) in [5.41, 5.74) is 0.752. The molecule has 1 aromatic rings. The maximum absolute atomic E-state index is 12.2. The Morgan fingerprint density at radius 3 is 2.88 bits per heavy atom. The lowest BCUT2D eigenvalue weighted by atomic mass is 9.98. The van der Waals surface area contributed by atoms with E-state index in [0.29, 0.717) is 12.5 Å². The van der Waals surface area contributed by atoms with Crippen molar-refractivity contribution in [2.75, 3.05) is 19.7 Å². The molecule has 0 bridgehead atoms. The molecule has 4 heteroatoms. The van der Waals surface area contributed by atoms with Crippen LogP contribution in [0.1, 0.15) is 23.2 Å². The molecule has 1 aliphatic rings. The summed E-state index contributed by atoms with van der Waals surface area (Å²) in [5, 5.41) is 0. The van der Waals surface area contributed by atoms with Crippen LogP contribution in [0.2, 0.25) is 0 Å². The second-order valence-electron chi connectivity index (χ2n) is 4.46. The first-order chi connectivity index (χ1) is 8.31. The largest absolute Gasteiger partial charge is 0.338 e. The predicted octanol–water partition coefficient (Wildman–Crippen LogP) is 1.43. The normalized spacial score (nSPS) is 20.3. The Hall–Kier alpha value is -1.39. The highest BCUT2D eigenvalue weighted by Gasteiger charge is 2.24. The van der Waals surface area contributed by atoms with Crippen molar-refractivity contribution in [3.63, 3.8) is 0 Å². The van der Waals surface area contributed by atoms with Crippen molar-refractivity contribution in [1.29, 1.82) is 0 Å². The van der Waals surface area contributed by atoms with Gasteiger partial charge in [-0.25, -0.2) is 5.90 Å². The molecule has 1 atom stereocenters. The van der Waals surface area contributed by atoms with Gasteiger partial charge in [0, 0.05) is 24.6 Å². The Balaban J connectivity index is 2.00. The Morgan fingerprint density at radius 2 is 2.18 bits per heavy atom. The fourth-order valence-corrected chi connectivity index (χ4v) is 2.28. The second-order valence-corrected chi connectivity index (χ2v) is 4.46. The van der Waals surface area contributed by atoms with Crippen molar-refractivity contribution < 1.29 is 9.63 Å². The van der Waals surface area contributed by atoms with Gasteiger partial charge < -0.3 is 9.74 Å². The van der Waals surface area contributed by atoms with Gasteiger partial charge >= 0.3 is 0 Å². The molecular formula is C13H18N2O2. The second kappa shape index (κ2) is 5.80. The molecule has 1 unspecified atom stereocenters. The van der Waals surface area contributed by atoms with Crippen LogP contribution >= 0.6 is 0 Å². The summed E-state index contributed by atoms with van der Waals surface area (Å²) in [4.78, 5) is 18.8. The molecule has 1 heterocycles. The van der Waals surface area contributed by atoms with Gasteiger partial charge in [-0.3, -0.25) is 4.79 Å². The van der Waals surface area contributed by atoms with Crippen LogP contribution in [0.15, 0.2) is 30.3 Å². The molecule has 0 aliphatic carbocycles. The van der Waals surface area contributed by atoms with Crippen LogP contribution in [0, 0.1) is 5.92 Å². The molecule has 2 N–H and O–H groups in total. The molecule has 0 saturated carbocycles. The first-order valence-corrected chi connectivity index (χ1v) is 5.97. The van der Waals surface area contributed by atoms with Crippen LogP contribution in [0.4, 0.5) is 0 Å². The number of hydrogen-bond acceptors (Lipinski definition) is 3. The van der Waals surface area contributed by atoms with Gasteiger partial charge in [0.25, 0.3) is 5.91 Å². The lowest BCUT2D eigenvalue weighted by Gasteiger charge is -2.32. The SMILES string of the molecule is NOCC1CCCN(C(=O)c2ccccc2)C1. The highest BCUT2D eigenvalue weighted by atomic mass is 16.6. The number of piperidine rings is 1. The fraction of sp³-hybridized carbons (Fsp3) is 0.462. The van der Waals surface area contributed by atoms with E-state index in [4.69, 9.17) is 5.90 Å². The summed E-state index contributed by atoms with van der Waals surface area (Å²) < 4.78 is 0. The van der Waals surface area contributed by atoms with E-state index in [0.717, 1.165) is 31.5 Å². The molecule has 0 aromatic heterocycles. The molecule has 0 radical (unpaired) electrons. The predicted molar refractivity (Wildman–Crippen MR) is 65.2 cm³/mol. The van der Waals surface area contributed by atoms with Crippen molar-refractivity contribution in [3.8, 4) is 0 Å². The number of rotatable bonds is 3. The summed E-state index contributed by atoms with van der Waals surface area (Å²) in [6.07, 6.45) is 2.10. The summed E-state index contributed by atoms with van der Waals surface area (Å²) in [7, 11) is 0. The molecule has 92 valence electrons. The standard InChI is InChI=1S/C13H18N2O2/c14-17-10-11-5-4-8-15(9-11)13(16)12-6-2-1-3-7-12/h1-3,6-7,11H,4-5,8-10,14H2. The lowest BCUT2D eigenvalue weighted by Crippen LogP contribution is -2.41. The van der Waals surface area contributed by atoms with E-state index in [1.165, 1.54) is 0 Å². The molecule has 1 saturated heterocycles. The first kappa shape index (κ1) is 12.1. The summed E-state index contributed by atoms with van der Waals surface area (Å²) in [5.74, 6) is 5.55. The van der Waals surface area contributed by atoms with Crippen molar-refractivity contribution in [3.05, 3.63) is 35.9 Å². The minimum Gasteiger partial charge on any atom is -0.338 e. The molecule has 2 rings (SSSR count). The summed E-state index contributed by atoms with van der Waals surface area (Å²) >= 11 is 0. The number of carbonyl (C=O) groups is 1. The third-order valence-electron chi connectivity index (χ3n) is 3.16. The number of amides is 1. The van der Waals surface area contributed by atoms with E-state index < -0.39 is 0 Å². The van der Waals surface area contributed by atoms with E-state index >= 15 is 0 Å². The minimum absolute atomic E-state index is 0.104. The smallest absolute Gasteiger partial charge is 0.253 e. The molecule has 1 fully saturated rings. The third kappa shape index (κ3) is 3.05. The van der Waals surface area contributed by atoms with E-state index in [9.17, 15) is 4.79 Å². The Kier molecular flexibility index (Phi) is 4.12. The molecule has 0 spiro atoms. The number of likely N-dealkylation sites (tertiary alicyclic amines) is 1. The zero-order valence-electron chi connectivity index (χ0n) is 9.84. The van der Waals surface area contributed by atoms with Crippen LogP contribution < -0.4 is 5.90 Å².